The number of ether oxygens (including phenoxy) is 1. The number of pyridine rings is 1. The molecule has 4 fully saturated rings. The lowest BCUT2D eigenvalue weighted by Crippen LogP contribution is -2.49. The summed E-state index contributed by atoms with van der Waals surface area (Å²) in [5.41, 5.74) is 9.45. The Morgan fingerprint density at radius 1 is 1.32 bits per heavy atom. The molecule has 0 amide bonds. The van der Waals surface area contributed by atoms with Crippen molar-refractivity contribution in [3.05, 3.63) is 29.0 Å². The van der Waals surface area contributed by atoms with Gasteiger partial charge in [-0.25, -0.2) is 4.98 Å². The molecule has 4 heterocycles. The molecule has 148 valence electrons. The number of likely N-dealkylation sites (tertiary alicyclic amines) is 1. The Labute approximate surface area is 170 Å². The molecule has 0 spiro atoms. The molecular weight excluding hydrogens is 374 g/mol. The lowest BCUT2D eigenvalue weighted by molar-refractivity contribution is -0.0627. The van der Waals surface area contributed by atoms with Crippen molar-refractivity contribution in [2.75, 3.05) is 32.0 Å². The van der Waals surface area contributed by atoms with Gasteiger partial charge in [0.2, 0.25) is 0 Å². The highest BCUT2D eigenvalue weighted by Crippen LogP contribution is 2.68. The lowest BCUT2D eigenvalue weighted by Gasteiger charge is -2.36. The highest BCUT2D eigenvalue weighted by Gasteiger charge is 2.68. The largest absolute Gasteiger partial charge is 0.382 e. The molecule has 6 rings (SSSR count). The summed E-state index contributed by atoms with van der Waals surface area (Å²) in [7, 11) is 0. The maximum absolute atomic E-state index is 6.21. The van der Waals surface area contributed by atoms with Gasteiger partial charge in [0, 0.05) is 43.0 Å². The molecule has 0 radical (unpaired) electrons. The summed E-state index contributed by atoms with van der Waals surface area (Å²) in [6, 6.07) is 4.79. The highest BCUT2D eigenvalue weighted by atomic mass is 35.5. The molecule has 7 heteroatoms. The fourth-order valence-corrected chi connectivity index (χ4v) is 5.47. The number of rotatable bonds is 5. The molecule has 2 N–H and O–H groups in total. The van der Waals surface area contributed by atoms with Crippen LogP contribution in [-0.4, -0.2) is 52.0 Å². The fourth-order valence-electron chi connectivity index (χ4n) is 5.30. The van der Waals surface area contributed by atoms with Gasteiger partial charge in [0.25, 0.3) is 0 Å². The van der Waals surface area contributed by atoms with Crippen LogP contribution >= 0.6 is 11.6 Å². The SMILES string of the molecule is CC12CN(C3COC3)C[C@H]1[C@@H]2c1cc(-c2cnc(N)c(Cl)c2)nn1CC1CC1. The molecule has 2 aliphatic carbocycles. The Kier molecular flexibility index (Phi) is 3.66. The summed E-state index contributed by atoms with van der Waals surface area (Å²) in [4.78, 5) is 6.86. The van der Waals surface area contributed by atoms with E-state index in [-0.39, 0.29) is 0 Å². The Balaban J connectivity index is 1.30. The summed E-state index contributed by atoms with van der Waals surface area (Å²) < 4.78 is 7.68. The number of nitrogens with zero attached hydrogens (tertiary/aromatic N) is 4. The third-order valence-corrected chi connectivity index (χ3v) is 7.69. The second-order valence-electron chi connectivity index (χ2n) is 9.38. The molecule has 2 saturated carbocycles. The first kappa shape index (κ1) is 17.2. The number of hydrogen-bond acceptors (Lipinski definition) is 5. The van der Waals surface area contributed by atoms with Gasteiger partial charge in [-0.05, 0) is 42.2 Å². The van der Waals surface area contributed by atoms with E-state index in [0.717, 1.165) is 42.9 Å². The Morgan fingerprint density at radius 3 is 2.75 bits per heavy atom. The van der Waals surface area contributed by atoms with Gasteiger partial charge >= 0.3 is 0 Å². The first-order valence-electron chi connectivity index (χ1n) is 10.3. The number of nitrogen functional groups attached to an aromatic ring is 1. The first-order chi connectivity index (χ1) is 13.5. The van der Waals surface area contributed by atoms with Crippen molar-refractivity contribution >= 4 is 17.4 Å². The minimum atomic E-state index is 0.366. The topological polar surface area (TPSA) is 69.2 Å². The van der Waals surface area contributed by atoms with Crippen LogP contribution in [0.1, 0.15) is 31.4 Å². The third kappa shape index (κ3) is 2.61. The normalized spacial score (nSPS) is 32.4. The predicted molar refractivity (Wildman–Crippen MR) is 108 cm³/mol. The van der Waals surface area contributed by atoms with Crippen LogP contribution in [0.25, 0.3) is 11.3 Å². The van der Waals surface area contributed by atoms with E-state index in [4.69, 9.17) is 27.2 Å². The van der Waals surface area contributed by atoms with Gasteiger partial charge in [-0.2, -0.15) is 5.10 Å². The van der Waals surface area contributed by atoms with E-state index >= 15 is 0 Å². The summed E-state index contributed by atoms with van der Waals surface area (Å²) >= 11 is 6.21. The number of aromatic nitrogens is 3. The van der Waals surface area contributed by atoms with Crippen LogP contribution in [0.3, 0.4) is 0 Å². The second kappa shape index (κ2) is 5.94. The molecule has 2 aromatic rings. The van der Waals surface area contributed by atoms with Crippen molar-refractivity contribution in [2.45, 2.75) is 38.3 Å². The van der Waals surface area contributed by atoms with Crippen LogP contribution in [0.4, 0.5) is 5.82 Å². The number of anilines is 1. The molecule has 6 nitrogen and oxygen atoms in total. The molecule has 3 atom stereocenters. The zero-order valence-corrected chi connectivity index (χ0v) is 16.9. The standard InChI is InChI=1S/C21H26ClN5O/c1-21-11-26(14-9-28-10-14)8-15(21)19(21)18-5-17(25-27(18)7-12-2-3-12)13-4-16(22)20(23)24-6-13/h4-6,12,14-15,19H,2-3,7-11H2,1H3,(H2,23,24)/t15-,19+,21?/m0/s1. The van der Waals surface area contributed by atoms with Crippen LogP contribution in [0.5, 0.6) is 0 Å². The summed E-state index contributed by atoms with van der Waals surface area (Å²) in [6.07, 6.45) is 4.43. The van der Waals surface area contributed by atoms with E-state index < -0.39 is 0 Å². The summed E-state index contributed by atoms with van der Waals surface area (Å²) in [5, 5.41) is 5.47. The van der Waals surface area contributed by atoms with Gasteiger partial charge in [-0.1, -0.05) is 18.5 Å². The van der Waals surface area contributed by atoms with E-state index in [1.807, 2.05) is 6.07 Å². The van der Waals surface area contributed by atoms with Gasteiger partial charge in [0.15, 0.2) is 0 Å². The third-order valence-electron chi connectivity index (χ3n) is 7.39. The van der Waals surface area contributed by atoms with Crippen molar-refractivity contribution in [1.29, 1.82) is 0 Å². The van der Waals surface area contributed by atoms with Crippen LogP contribution in [0.2, 0.25) is 5.02 Å². The van der Waals surface area contributed by atoms with Crippen LogP contribution < -0.4 is 5.73 Å². The van der Waals surface area contributed by atoms with Crippen molar-refractivity contribution in [1.82, 2.24) is 19.7 Å². The monoisotopic (exact) mass is 399 g/mol. The average Bonchev–Trinajstić information content (AvgIpc) is 3.43. The first-order valence-corrected chi connectivity index (χ1v) is 10.7. The molecule has 2 saturated heterocycles. The summed E-state index contributed by atoms with van der Waals surface area (Å²) in [5.74, 6) is 2.48. The zero-order valence-electron chi connectivity index (χ0n) is 16.1. The number of piperidine rings is 1. The molecule has 0 bridgehead atoms. The van der Waals surface area contributed by atoms with Crippen LogP contribution in [0.15, 0.2) is 18.3 Å². The number of fused-ring (bicyclic) bond motifs is 1. The molecule has 1 unspecified atom stereocenters. The van der Waals surface area contributed by atoms with Gasteiger partial charge in [0.05, 0.1) is 30.0 Å². The van der Waals surface area contributed by atoms with Gasteiger partial charge in [-0.3, -0.25) is 9.58 Å². The smallest absolute Gasteiger partial charge is 0.142 e. The van der Waals surface area contributed by atoms with Crippen LogP contribution in [0, 0.1) is 17.3 Å². The van der Waals surface area contributed by atoms with E-state index in [2.05, 4.69) is 27.6 Å². The molecule has 2 aliphatic heterocycles. The van der Waals surface area contributed by atoms with E-state index in [1.54, 1.807) is 6.20 Å². The van der Waals surface area contributed by atoms with Crippen molar-refractivity contribution < 1.29 is 4.74 Å². The maximum atomic E-state index is 6.21. The Hall–Kier alpha value is -1.63. The van der Waals surface area contributed by atoms with E-state index in [1.165, 1.54) is 31.6 Å². The molecule has 0 aromatic carbocycles. The minimum Gasteiger partial charge on any atom is -0.382 e. The van der Waals surface area contributed by atoms with Crippen molar-refractivity contribution in [3.63, 3.8) is 0 Å². The van der Waals surface area contributed by atoms with Gasteiger partial charge in [-0.15, -0.1) is 0 Å². The fraction of sp³-hybridized carbons (Fsp3) is 0.619. The maximum Gasteiger partial charge on any atom is 0.142 e. The quantitative estimate of drug-likeness (QED) is 0.836. The number of nitrogens with two attached hydrogens (primary N) is 1. The zero-order chi connectivity index (χ0) is 19.0. The van der Waals surface area contributed by atoms with E-state index in [9.17, 15) is 0 Å². The highest BCUT2D eigenvalue weighted by molar-refractivity contribution is 6.33. The van der Waals surface area contributed by atoms with Crippen LogP contribution in [-0.2, 0) is 11.3 Å². The van der Waals surface area contributed by atoms with Crippen molar-refractivity contribution in [2.24, 2.45) is 17.3 Å². The van der Waals surface area contributed by atoms with Gasteiger partial charge in [0.1, 0.15) is 5.82 Å². The van der Waals surface area contributed by atoms with Crippen molar-refractivity contribution in [3.8, 4) is 11.3 Å². The van der Waals surface area contributed by atoms with Gasteiger partial charge < -0.3 is 10.5 Å². The second-order valence-corrected chi connectivity index (χ2v) is 9.79. The average molecular weight is 400 g/mol. The molecular formula is C21H26ClN5O. The lowest BCUT2D eigenvalue weighted by atomic mass is 10.0. The predicted octanol–water partition coefficient (Wildman–Crippen LogP) is 3.02. The molecule has 28 heavy (non-hydrogen) atoms. The number of halogens is 1. The molecule has 2 aromatic heterocycles. The molecule has 4 aliphatic rings. The minimum absolute atomic E-state index is 0.366. The number of hydrogen-bond donors (Lipinski definition) is 1. The Bertz CT molecular complexity index is 937. The summed E-state index contributed by atoms with van der Waals surface area (Å²) in [6.45, 7) is 7.66. The Morgan fingerprint density at radius 2 is 2.14 bits per heavy atom. The van der Waals surface area contributed by atoms with E-state index in [0.29, 0.717) is 28.2 Å².